The molecule has 3 rings (SSSR count). The standard InChI is InChI=1S/C26H22O5/c1-29-23-15-11-21(25(18-23)30-2)12-16-24(27)20-9-13-22(14-10-20)31-26(28)17-8-19-6-4-3-5-7-19/h3-18H,1-2H3/b16-12+,17-8+. The first-order chi connectivity index (χ1) is 15.1. The van der Waals surface area contributed by atoms with Gasteiger partial charge in [-0.2, -0.15) is 0 Å². The number of ketones is 1. The Labute approximate surface area is 181 Å². The first kappa shape index (κ1) is 21.6. The highest BCUT2D eigenvalue weighted by Gasteiger charge is 2.06. The van der Waals surface area contributed by atoms with Gasteiger partial charge in [0.2, 0.25) is 0 Å². The van der Waals surface area contributed by atoms with Crippen molar-refractivity contribution in [3.8, 4) is 17.2 Å². The molecule has 3 aromatic carbocycles. The van der Waals surface area contributed by atoms with Gasteiger partial charge in [0, 0.05) is 23.3 Å². The molecule has 5 heteroatoms. The number of methoxy groups -OCH3 is 2. The summed E-state index contributed by atoms with van der Waals surface area (Å²) >= 11 is 0. The molecule has 0 radical (unpaired) electrons. The number of allylic oxidation sites excluding steroid dienone is 1. The number of carbonyl (C=O) groups excluding carboxylic acids is 2. The summed E-state index contributed by atoms with van der Waals surface area (Å²) in [7, 11) is 3.14. The van der Waals surface area contributed by atoms with Gasteiger partial charge >= 0.3 is 5.97 Å². The number of esters is 1. The van der Waals surface area contributed by atoms with E-state index in [2.05, 4.69) is 0 Å². The predicted molar refractivity (Wildman–Crippen MR) is 120 cm³/mol. The number of hydrogen-bond donors (Lipinski definition) is 0. The van der Waals surface area contributed by atoms with E-state index in [1.165, 1.54) is 12.2 Å². The third-order valence-corrected chi connectivity index (χ3v) is 4.42. The molecule has 3 aromatic rings. The van der Waals surface area contributed by atoms with E-state index in [1.807, 2.05) is 36.4 Å². The largest absolute Gasteiger partial charge is 0.497 e. The Kier molecular flexibility index (Phi) is 7.38. The van der Waals surface area contributed by atoms with Crippen molar-refractivity contribution in [2.45, 2.75) is 0 Å². The smallest absolute Gasteiger partial charge is 0.336 e. The van der Waals surface area contributed by atoms with E-state index in [-0.39, 0.29) is 5.78 Å². The van der Waals surface area contributed by atoms with E-state index in [0.29, 0.717) is 22.8 Å². The van der Waals surface area contributed by atoms with E-state index in [9.17, 15) is 9.59 Å². The fraction of sp³-hybridized carbons (Fsp3) is 0.0769. The van der Waals surface area contributed by atoms with Crippen molar-refractivity contribution in [3.05, 3.63) is 102 Å². The van der Waals surface area contributed by atoms with E-state index >= 15 is 0 Å². The van der Waals surface area contributed by atoms with Crippen LogP contribution in [0.5, 0.6) is 17.2 Å². The van der Waals surface area contributed by atoms with Gasteiger partial charge in [0.15, 0.2) is 5.78 Å². The molecular formula is C26H22O5. The van der Waals surface area contributed by atoms with Gasteiger partial charge in [-0.05, 0) is 60.2 Å². The van der Waals surface area contributed by atoms with Gasteiger partial charge in [-0.1, -0.05) is 30.3 Å². The summed E-state index contributed by atoms with van der Waals surface area (Å²) in [6.45, 7) is 0. The van der Waals surface area contributed by atoms with Gasteiger partial charge in [-0.25, -0.2) is 4.79 Å². The minimum absolute atomic E-state index is 0.181. The molecule has 0 aliphatic rings. The van der Waals surface area contributed by atoms with Gasteiger partial charge in [0.25, 0.3) is 0 Å². The van der Waals surface area contributed by atoms with Crippen LogP contribution in [-0.2, 0) is 4.79 Å². The summed E-state index contributed by atoms with van der Waals surface area (Å²) in [6.07, 6.45) is 6.19. The SMILES string of the molecule is COc1ccc(/C=C/C(=O)c2ccc(OC(=O)/C=C/c3ccccc3)cc2)c(OC)c1. The van der Waals surface area contributed by atoms with Crippen LogP contribution in [0.25, 0.3) is 12.2 Å². The van der Waals surface area contributed by atoms with Crippen molar-refractivity contribution >= 4 is 23.9 Å². The van der Waals surface area contributed by atoms with Crippen molar-refractivity contribution in [2.75, 3.05) is 14.2 Å². The zero-order chi connectivity index (χ0) is 22.1. The second kappa shape index (κ2) is 10.6. The third-order valence-electron chi connectivity index (χ3n) is 4.42. The van der Waals surface area contributed by atoms with Gasteiger partial charge in [-0.3, -0.25) is 4.79 Å². The molecule has 0 atom stereocenters. The van der Waals surface area contributed by atoms with E-state index in [4.69, 9.17) is 14.2 Å². The van der Waals surface area contributed by atoms with Crippen LogP contribution in [0.2, 0.25) is 0 Å². The molecule has 0 aliphatic heterocycles. The second-order valence-electron chi connectivity index (χ2n) is 6.49. The van der Waals surface area contributed by atoms with Crippen LogP contribution < -0.4 is 14.2 Å². The van der Waals surface area contributed by atoms with E-state index in [1.54, 1.807) is 62.8 Å². The van der Waals surface area contributed by atoms with Crippen LogP contribution in [0.1, 0.15) is 21.5 Å². The fourth-order valence-corrected chi connectivity index (χ4v) is 2.78. The molecule has 0 amide bonds. The van der Waals surface area contributed by atoms with Crippen molar-refractivity contribution in [1.29, 1.82) is 0 Å². The molecule has 0 unspecified atom stereocenters. The molecule has 0 heterocycles. The van der Waals surface area contributed by atoms with Crippen molar-refractivity contribution in [1.82, 2.24) is 0 Å². The van der Waals surface area contributed by atoms with Crippen molar-refractivity contribution in [2.24, 2.45) is 0 Å². The van der Waals surface area contributed by atoms with E-state index in [0.717, 1.165) is 11.1 Å². The number of ether oxygens (including phenoxy) is 3. The monoisotopic (exact) mass is 414 g/mol. The maximum Gasteiger partial charge on any atom is 0.336 e. The molecule has 5 nitrogen and oxygen atoms in total. The number of rotatable bonds is 8. The number of carbonyl (C=O) groups is 2. The van der Waals surface area contributed by atoms with Gasteiger partial charge < -0.3 is 14.2 Å². The summed E-state index contributed by atoms with van der Waals surface area (Å²) in [4.78, 5) is 24.4. The molecular weight excluding hydrogens is 392 g/mol. The fourth-order valence-electron chi connectivity index (χ4n) is 2.78. The average molecular weight is 414 g/mol. The summed E-state index contributed by atoms with van der Waals surface area (Å²) in [6, 6.07) is 21.2. The van der Waals surface area contributed by atoms with Crippen LogP contribution in [-0.4, -0.2) is 26.0 Å². The first-order valence-electron chi connectivity index (χ1n) is 9.58. The molecule has 0 bridgehead atoms. The van der Waals surface area contributed by atoms with Crippen molar-refractivity contribution < 1.29 is 23.8 Å². The Morgan fingerprint density at radius 3 is 2.13 bits per heavy atom. The molecule has 156 valence electrons. The zero-order valence-electron chi connectivity index (χ0n) is 17.3. The Morgan fingerprint density at radius 1 is 0.742 bits per heavy atom. The molecule has 0 aliphatic carbocycles. The first-order valence-corrected chi connectivity index (χ1v) is 9.58. The molecule has 0 aromatic heterocycles. The lowest BCUT2D eigenvalue weighted by molar-refractivity contribution is -0.128. The maximum absolute atomic E-state index is 12.5. The Bertz CT molecular complexity index is 1100. The second-order valence-corrected chi connectivity index (χ2v) is 6.49. The topological polar surface area (TPSA) is 61.8 Å². The summed E-state index contributed by atoms with van der Waals surface area (Å²) in [5, 5.41) is 0. The van der Waals surface area contributed by atoms with Crippen LogP contribution >= 0.6 is 0 Å². The normalized spacial score (nSPS) is 10.9. The molecule has 0 spiro atoms. The van der Waals surface area contributed by atoms with Crippen molar-refractivity contribution in [3.63, 3.8) is 0 Å². The molecule has 0 saturated heterocycles. The Morgan fingerprint density at radius 2 is 1.45 bits per heavy atom. The highest BCUT2D eigenvalue weighted by Crippen LogP contribution is 2.25. The Balaban J connectivity index is 1.62. The zero-order valence-corrected chi connectivity index (χ0v) is 17.3. The lowest BCUT2D eigenvalue weighted by atomic mass is 10.1. The highest BCUT2D eigenvalue weighted by atomic mass is 16.5. The minimum atomic E-state index is -0.491. The predicted octanol–water partition coefficient (Wildman–Crippen LogP) is 5.22. The van der Waals surface area contributed by atoms with Crippen LogP contribution in [0.4, 0.5) is 0 Å². The lowest BCUT2D eigenvalue weighted by Gasteiger charge is -2.07. The summed E-state index contributed by atoms with van der Waals surface area (Å²) < 4.78 is 15.8. The number of hydrogen-bond acceptors (Lipinski definition) is 5. The number of benzene rings is 3. The van der Waals surface area contributed by atoms with Gasteiger partial charge in [0.05, 0.1) is 14.2 Å². The van der Waals surface area contributed by atoms with Gasteiger partial charge in [-0.15, -0.1) is 0 Å². The average Bonchev–Trinajstić information content (AvgIpc) is 2.82. The summed E-state index contributed by atoms with van der Waals surface area (Å²) in [5.41, 5.74) is 2.14. The summed E-state index contributed by atoms with van der Waals surface area (Å²) in [5.74, 6) is 0.965. The molecule has 31 heavy (non-hydrogen) atoms. The van der Waals surface area contributed by atoms with Crippen LogP contribution in [0.15, 0.2) is 84.9 Å². The minimum Gasteiger partial charge on any atom is -0.497 e. The molecule has 0 saturated carbocycles. The molecule has 0 N–H and O–H groups in total. The molecule has 0 fully saturated rings. The van der Waals surface area contributed by atoms with E-state index < -0.39 is 5.97 Å². The highest BCUT2D eigenvalue weighted by molar-refractivity contribution is 6.07. The maximum atomic E-state index is 12.5. The van der Waals surface area contributed by atoms with Crippen LogP contribution in [0, 0.1) is 0 Å². The van der Waals surface area contributed by atoms with Gasteiger partial charge in [0.1, 0.15) is 17.2 Å². The Hall–Kier alpha value is -4.12. The van der Waals surface area contributed by atoms with Crippen LogP contribution in [0.3, 0.4) is 0 Å². The quantitative estimate of drug-likeness (QED) is 0.219. The lowest BCUT2D eigenvalue weighted by Crippen LogP contribution is -2.04. The third kappa shape index (κ3) is 6.18.